The number of hydrogen-bond acceptors (Lipinski definition) is 4. The molecule has 0 aromatic heterocycles. The molecule has 1 fully saturated rings. The summed E-state index contributed by atoms with van der Waals surface area (Å²) < 4.78 is 11.1. The highest BCUT2D eigenvalue weighted by Crippen LogP contribution is 2.15. The molecule has 19 heavy (non-hydrogen) atoms. The largest absolute Gasteiger partial charge is 0.494 e. The van der Waals surface area contributed by atoms with Gasteiger partial charge < -0.3 is 15.2 Å². The van der Waals surface area contributed by atoms with Gasteiger partial charge in [-0.05, 0) is 31.5 Å². The lowest BCUT2D eigenvalue weighted by molar-refractivity contribution is -0.0403. The number of hydrogen-bond donors (Lipinski definition) is 1. The van der Waals surface area contributed by atoms with Crippen LogP contribution in [0.3, 0.4) is 0 Å². The smallest absolute Gasteiger partial charge is 0.119 e. The maximum Gasteiger partial charge on any atom is 0.119 e. The van der Waals surface area contributed by atoms with E-state index < -0.39 is 0 Å². The number of rotatable bonds is 5. The third-order valence-electron chi connectivity index (χ3n) is 3.40. The Bertz CT molecular complexity index is 378. The van der Waals surface area contributed by atoms with Crippen LogP contribution in [0.5, 0.6) is 5.75 Å². The first-order valence-electron chi connectivity index (χ1n) is 7.00. The van der Waals surface area contributed by atoms with Gasteiger partial charge in [-0.25, -0.2) is 0 Å². The van der Waals surface area contributed by atoms with E-state index in [0.29, 0.717) is 6.61 Å². The number of nitrogens with zero attached hydrogens (tertiary/aromatic N) is 1. The first-order chi connectivity index (χ1) is 9.19. The van der Waals surface area contributed by atoms with E-state index in [1.54, 1.807) is 0 Å². The van der Waals surface area contributed by atoms with Gasteiger partial charge in [0.1, 0.15) is 5.75 Å². The van der Waals surface area contributed by atoms with Crippen LogP contribution in [0.15, 0.2) is 24.3 Å². The lowest BCUT2D eigenvalue weighted by Crippen LogP contribution is -2.49. The van der Waals surface area contributed by atoms with Gasteiger partial charge in [0.2, 0.25) is 0 Å². The molecular formula is C15H24N2O2. The van der Waals surface area contributed by atoms with Crippen molar-refractivity contribution in [3.05, 3.63) is 29.8 Å². The molecule has 4 heteroatoms. The number of ether oxygens (including phenoxy) is 2. The molecule has 2 rings (SSSR count). The summed E-state index contributed by atoms with van der Waals surface area (Å²) in [6.07, 6.45) is 0.149. The molecule has 2 unspecified atom stereocenters. The topological polar surface area (TPSA) is 47.7 Å². The van der Waals surface area contributed by atoms with Crippen molar-refractivity contribution < 1.29 is 9.47 Å². The first kappa shape index (κ1) is 14.3. The zero-order chi connectivity index (χ0) is 13.7. The Kier molecular flexibility index (Phi) is 5.19. The minimum Gasteiger partial charge on any atom is -0.494 e. The highest BCUT2D eigenvalue weighted by atomic mass is 16.5. The van der Waals surface area contributed by atoms with Crippen molar-refractivity contribution in [2.24, 2.45) is 5.73 Å². The molecule has 1 aliphatic heterocycles. The van der Waals surface area contributed by atoms with Crippen LogP contribution in [0.4, 0.5) is 0 Å². The van der Waals surface area contributed by atoms with E-state index in [4.69, 9.17) is 15.2 Å². The molecule has 0 bridgehead atoms. The molecule has 1 aromatic rings. The van der Waals surface area contributed by atoms with Crippen LogP contribution in [0.1, 0.15) is 19.4 Å². The van der Waals surface area contributed by atoms with E-state index in [0.717, 1.165) is 32.0 Å². The molecule has 1 aliphatic rings. The van der Waals surface area contributed by atoms with Crippen molar-refractivity contribution in [3.8, 4) is 5.75 Å². The van der Waals surface area contributed by atoms with Gasteiger partial charge in [-0.3, -0.25) is 4.90 Å². The summed E-state index contributed by atoms with van der Waals surface area (Å²) in [7, 11) is 0. The van der Waals surface area contributed by atoms with Crippen molar-refractivity contribution in [2.75, 3.05) is 26.3 Å². The lowest BCUT2D eigenvalue weighted by atomic mass is 10.1. The highest BCUT2D eigenvalue weighted by Gasteiger charge is 2.23. The Hall–Kier alpha value is -1.10. The van der Waals surface area contributed by atoms with Crippen molar-refractivity contribution in [1.29, 1.82) is 0 Å². The van der Waals surface area contributed by atoms with Gasteiger partial charge in [-0.2, -0.15) is 0 Å². The van der Waals surface area contributed by atoms with Crippen LogP contribution in [-0.4, -0.2) is 43.3 Å². The van der Waals surface area contributed by atoms with Crippen molar-refractivity contribution in [3.63, 3.8) is 0 Å². The number of nitrogens with two attached hydrogens (primary N) is 1. The molecule has 2 atom stereocenters. The van der Waals surface area contributed by atoms with Crippen LogP contribution in [0, 0.1) is 0 Å². The Morgan fingerprint density at radius 2 is 2.16 bits per heavy atom. The summed E-state index contributed by atoms with van der Waals surface area (Å²) in [6, 6.07) is 8.40. The minimum absolute atomic E-state index is 0.0862. The van der Waals surface area contributed by atoms with Gasteiger partial charge in [0.25, 0.3) is 0 Å². The van der Waals surface area contributed by atoms with Gasteiger partial charge in [0.05, 0.1) is 19.3 Å². The molecule has 0 amide bonds. The van der Waals surface area contributed by atoms with Gasteiger partial charge in [-0.1, -0.05) is 12.1 Å². The summed E-state index contributed by atoms with van der Waals surface area (Å²) in [5, 5.41) is 0. The summed E-state index contributed by atoms with van der Waals surface area (Å²) in [5.74, 6) is 0.932. The Balaban J connectivity index is 1.89. The normalized spacial score (nSPS) is 22.2. The van der Waals surface area contributed by atoms with Crippen LogP contribution in [0.25, 0.3) is 0 Å². The molecule has 0 aliphatic carbocycles. The van der Waals surface area contributed by atoms with E-state index in [2.05, 4.69) is 17.0 Å². The summed E-state index contributed by atoms with van der Waals surface area (Å²) in [4.78, 5) is 2.40. The van der Waals surface area contributed by atoms with Crippen LogP contribution >= 0.6 is 0 Å². The monoisotopic (exact) mass is 264 g/mol. The van der Waals surface area contributed by atoms with E-state index in [1.807, 2.05) is 26.0 Å². The van der Waals surface area contributed by atoms with Crippen LogP contribution < -0.4 is 10.5 Å². The molecule has 1 heterocycles. The Morgan fingerprint density at radius 1 is 1.42 bits per heavy atom. The highest BCUT2D eigenvalue weighted by molar-refractivity contribution is 5.27. The fourth-order valence-electron chi connectivity index (χ4n) is 2.31. The summed E-state index contributed by atoms with van der Waals surface area (Å²) in [6.45, 7) is 8.29. The third-order valence-corrected chi connectivity index (χ3v) is 3.40. The van der Waals surface area contributed by atoms with E-state index in [-0.39, 0.29) is 12.1 Å². The fourth-order valence-corrected chi connectivity index (χ4v) is 2.31. The lowest BCUT2D eigenvalue weighted by Gasteiger charge is -2.34. The van der Waals surface area contributed by atoms with Gasteiger partial charge in [0, 0.05) is 25.7 Å². The van der Waals surface area contributed by atoms with Crippen molar-refractivity contribution >= 4 is 0 Å². The molecule has 2 N–H and O–H groups in total. The predicted octanol–water partition coefficient (Wildman–Crippen LogP) is 1.63. The van der Waals surface area contributed by atoms with Crippen molar-refractivity contribution in [1.82, 2.24) is 4.90 Å². The van der Waals surface area contributed by atoms with Crippen LogP contribution in [-0.2, 0) is 11.3 Å². The molecule has 0 spiro atoms. The number of morpholine rings is 1. The minimum atomic E-state index is 0.0862. The molecule has 1 saturated heterocycles. The standard InChI is InChI=1S/C15H24N2O2/c1-3-18-14-6-4-13(5-7-14)10-17-8-9-19-15(11-17)12(2)16/h4-7,12,15H,3,8-11,16H2,1-2H3. The second kappa shape index (κ2) is 6.89. The molecule has 4 nitrogen and oxygen atoms in total. The van der Waals surface area contributed by atoms with Gasteiger partial charge in [0.15, 0.2) is 0 Å². The molecule has 0 radical (unpaired) electrons. The zero-order valence-corrected chi connectivity index (χ0v) is 11.8. The predicted molar refractivity (Wildman–Crippen MR) is 76.3 cm³/mol. The summed E-state index contributed by atoms with van der Waals surface area (Å²) >= 11 is 0. The molecule has 106 valence electrons. The Morgan fingerprint density at radius 3 is 2.79 bits per heavy atom. The first-order valence-corrected chi connectivity index (χ1v) is 7.00. The molecular weight excluding hydrogens is 240 g/mol. The average molecular weight is 264 g/mol. The van der Waals surface area contributed by atoms with E-state index in [9.17, 15) is 0 Å². The average Bonchev–Trinajstić information content (AvgIpc) is 2.42. The second-order valence-corrected chi connectivity index (χ2v) is 5.08. The number of benzene rings is 1. The van der Waals surface area contributed by atoms with Gasteiger partial charge >= 0.3 is 0 Å². The summed E-state index contributed by atoms with van der Waals surface area (Å²) in [5.41, 5.74) is 7.21. The quantitative estimate of drug-likeness (QED) is 0.878. The molecule has 0 saturated carbocycles. The fraction of sp³-hybridized carbons (Fsp3) is 0.600. The van der Waals surface area contributed by atoms with E-state index in [1.165, 1.54) is 5.56 Å². The molecule has 1 aromatic carbocycles. The SMILES string of the molecule is CCOc1ccc(CN2CCOC(C(C)N)C2)cc1. The maximum atomic E-state index is 5.91. The van der Waals surface area contributed by atoms with Crippen LogP contribution in [0.2, 0.25) is 0 Å². The zero-order valence-electron chi connectivity index (χ0n) is 11.8. The Labute approximate surface area is 115 Å². The van der Waals surface area contributed by atoms with Gasteiger partial charge in [-0.15, -0.1) is 0 Å². The maximum absolute atomic E-state index is 5.91. The second-order valence-electron chi connectivity index (χ2n) is 5.08. The van der Waals surface area contributed by atoms with Crippen molar-refractivity contribution in [2.45, 2.75) is 32.5 Å². The van der Waals surface area contributed by atoms with E-state index >= 15 is 0 Å². The third kappa shape index (κ3) is 4.20.